The third-order valence-corrected chi connectivity index (χ3v) is 6.82. The number of ketones is 1. The van der Waals surface area contributed by atoms with Gasteiger partial charge in [0.25, 0.3) is 0 Å². The Hall–Kier alpha value is -4.01. The molecule has 5 rings (SSSR count). The Bertz CT molecular complexity index is 1480. The van der Waals surface area contributed by atoms with Crippen LogP contribution in [0.3, 0.4) is 0 Å². The highest BCUT2D eigenvalue weighted by atomic mass is 16.6. The molecule has 0 saturated carbocycles. The summed E-state index contributed by atoms with van der Waals surface area (Å²) in [5.41, 5.74) is 4.11. The fourth-order valence-electron chi connectivity index (χ4n) is 4.79. The standard InChI is InChI=1S/C32H36N4O4/c1-32(2,3)40-31(38)33-28-11-9-24(23-7-5-4-6-8-23)19-26(28)21-30(37)25-10-12-29-27(20-25)22-36(34-29)14-13-35-15-17-39-18-16-35/h4-12,19-20,22H,13-18,21H2,1-3H3,(H,33,38). The number of carbonyl (C=O) groups is 2. The molecule has 1 aliphatic rings. The van der Waals surface area contributed by atoms with Crippen LogP contribution in [0.5, 0.6) is 0 Å². The highest BCUT2D eigenvalue weighted by Gasteiger charge is 2.19. The molecule has 1 fully saturated rings. The smallest absolute Gasteiger partial charge is 0.412 e. The molecular weight excluding hydrogens is 504 g/mol. The number of hydrogen-bond acceptors (Lipinski definition) is 6. The minimum Gasteiger partial charge on any atom is -0.444 e. The van der Waals surface area contributed by atoms with E-state index in [9.17, 15) is 9.59 Å². The molecule has 0 spiro atoms. The molecule has 8 nitrogen and oxygen atoms in total. The number of carbonyl (C=O) groups excluding carboxylic acids is 2. The van der Waals surface area contributed by atoms with Crippen LogP contribution in [0.15, 0.2) is 72.9 Å². The number of nitrogens with one attached hydrogen (secondary N) is 1. The predicted molar refractivity (Wildman–Crippen MR) is 157 cm³/mol. The van der Waals surface area contributed by atoms with Gasteiger partial charge in [0.2, 0.25) is 0 Å². The van der Waals surface area contributed by atoms with Gasteiger partial charge in [0.15, 0.2) is 5.78 Å². The zero-order valence-corrected chi connectivity index (χ0v) is 23.4. The van der Waals surface area contributed by atoms with Crippen molar-refractivity contribution < 1.29 is 19.1 Å². The molecule has 1 N–H and O–H groups in total. The highest BCUT2D eigenvalue weighted by molar-refractivity contribution is 6.01. The van der Waals surface area contributed by atoms with Gasteiger partial charge >= 0.3 is 6.09 Å². The van der Waals surface area contributed by atoms with Crippen molar-refractivity contribution in [3.05, 3.63) is 84.1 Å². The molecule has 0 atom stereocenters. The number of nitrogens with zero attached hydrogens (tertiary/aromatic N) is 3. The van der Waals surface area contributed by atoms with E-state index in [0.717, 1.165) is 67.0 Å². The summed E-state index contributed by atoms with van der Waals surface area (Å²) in [6.45, 7) is 10.6. The zero-order valence-electron chi connectivity index (χ0n) is 23.4. The maximum Gasteiger partial charge on any atom is 0.412 e. The van der Waals surface area contributed by atoms with Gasteiger partial charge in [-0.05, 0) is 67.8 Å². The fraction of sp³-hybridized carbons (Fsp3) is 0.344. The van der Waals surface area contributed by atoms with E-state index in [-0.39, 0.29) is 12.2 Å². The summed E-state index contributed by atoms with van der Waals surface area (Å²) >= 11 is 0. The Labute approximate surface area is 234 Å². The van der Waals surface area contributed by atoms with Crippen LogP contribution >= 0.6 is 0 Å². The second-order valence-corrected chi connectivity index (χ2v) is 11.1. The molecule has 40 heavy (non-hydrogen) atoms. The summed E-state index contributed by atoms with van der Waals surface area (Å²) in [6.07, 6.45) is 1.57. The monoisotopic (exact) mass is 540 g/mol. The van der Waals surface area contributed by atoms with Crippen molar-refractivity contribution in [3.63, 3.8) is 0 Å². The molecule has 8 heteroatoms. The van der Waals surface area contributed by atoms with Crippen molar-refractivity contribution in [2.24, 2.45) is 0 Å². The summed E-state index contributed by atoms with van der Waals surface area (Å²) < 4.78 is 12.8. The molecule has 0 radical (unpaired) electrons. The van der Waals surface area contributed by atoms with Gasteiger partial charge in [-0.15, -0.1) is 0 Å². The average molecular weight is 541 g/mol. The molecule has 1 aromatic heterocycles. The summed E-state index contributed by atoms with van der Waals surface area (Å²) in [4.78, 5) is 28.5. The molecule has 4 aromatic rings. The van der Waals surface area contributed by atoms with Crippen LogP contribution in [-0.2, 0) is 22.4 Å². The topological polar surface area (TPSA) is 85.7 Å². The third kappa shape index (κ3) is 7.14. The number of rotatable bonds is 8. The van der Waals surface area contributed by atoms with Crippen LogP contribution in [0.4, 0.5) is 10.5 Å². The van der Waals surface area contributed by atoms with Crippen molar-refractivity contribution in [3.8, 4) is 11.1 Å². The Morgan fingerprint density at radius 1 is 0.950 bits per heavy atom. The summed E-state index contributed by atoms with van der Waals surface area (Å²) in [6, 6.07) is 21.3. The first-order valence-electron chi connectivity index (χ1n) is 13.7. The number of fused-ring (bicyclic) bond motifs is 1. The second-order valence-electron chi connectivity index (χ2n) is 11.1. The van der Waals surface area contributed by atoms with Crippen LogP contribution < -0.4 is 5.32 Å². The molecule has 2 heterocycles. The predicted octanol–water partition coefficient (Wildman–Crippen LogP) is 5.81. The molecule has 1 saturated heterocycles. The van der Waals surface area contributed by atoms with Gasteiger partial charge in [0, 0.05) is 48.9 Å². The van der Waals surface area contributed by atoms with Crippen LogP contribution in [0.2, 0.25) is 0 Å². The van der Waals surface area contributed by atoms with Gasteiger partial charge < -0.3 is 9.47 Å². The lowest BCUT2D eigenvalue weighted by Crippen LogP contribution is -2.38. The molecule has 0 unspecified atom stereocenters. The molecule has 0 aliphatic carbocycles. The van der Waals surface area contributed by atoms with Crippen molar-refractivity contribution in [1.82, 2.24) is 14.7 Å². The van der Waals surface area contributed by atoms with E-state index in [1.54, 1.807) is 0 Å². The first-order chi connectivity index (χ1) is 19.2. The van der Waals surface area contributed by atoms with Crippen molar-refractivity contribution in [1.29, 1.82) is 0 Å². The first-order valence-corrected chi connectivity index (χ1v) is 13.7. The number of morpholine rings is 1. The SMILES string of the molecule is CC(C)(C)OC(=O)Nc1ccc(-c2ccccc2)cc1CC(=O)c1ccc2nn(CCN3CCOCC3)cc2c1. The molecule has 0 bridgehead atoms. The van der Waals surface area contributed by atoms with E-state index < -0.39 is 11.7 Å². The maximum absolute atomic E-state index is 13.5. The number of Topliss-reactive ketones (excluding diaryl/α,β-unsaturated/α-hetero) is 1. The number of amides is 1. The Balaban J connectivity index is 1.35. The normalized spacial score (nSPS) is 14.3. The number of hydrogen-bond donors (Lipinski definition) is 1. The summed E-state index contributed by atoms with van der Waals surface area (Å²) in [7, 11) is 0. The van der Waals surface area contributed by atoms with Crippen LogP contribution in [0, 0.1) is 0 Å². The van der Waals surface area contributed by atoms with Gasteiger partial charge in [0.05, 0.1) is 25.3 Å². The number of aromatic nitrogens is 2. The molecule has 1 aliphatic heterocycles. The van der Waals surface area contributed by atoms with Gasteiger partial charge in [-0.2, -0.15) is 5.10 Å². The number of benzene rings is 3. The summed E-state index contributed by atoms with van der Waals surface area (Å²) in [5, 5.41) is 8.46. The van der Waals surface area contributed by atoms with E-state index in [0.29, 0.717) is 11.3 Å². The lowest BCUT2D eigenvalue weighted by atomic mass is 9.96. The maximum atomic E-state index is 13.5. The van der Waals surface area contributed by atoms with E-state index in [1.807, 2.05) is 98.4 Å². The lowest BCUT2D eigenvalue weighted by molar-refractivity contribution is 0.0360. The number of ether oxygens (including phenoxy) is 2. The van der Waals surface area contributed by atoms with E-state index >= 15 is 0 Å². The van der Waals surface area contributed by atoms with E-state index in [1.165, 1.54) is 0 Å². The van der Waals surface area contributed by atoms with Crippen LogP contribution in [-0.4, -0.2) is 65.0 Å². The van der Waals surface area contributed by atoms with Crippen molar-refractivity contribution >= 4 is 28.5 Å². The zero-order chi connectivity index (χ0) is 28.1. The van der Waals surface area contributed by atoms with Gasteiger partial charge in [-0.1, -0.05) is 36.4 Å². The molecular formula is C32H36N4O4. The lowest BCUT2D eigenvalue weighted by Gasteiger charge is -2.26. The Morgan fingerprint density at radius 2 is 1.73 bits per heavy atom. The minimum atomic E-state index is -0.633. The molecule has 208 valence electrons. The quantitative estimate of drug-likeness (QED) is 0.284. The Morgan fingerprint density at radius 3 is 2.48 bits per heavy atom. The largest absolute Gasteiger partial charge is 0.444 e. The van der Waals surface area contributed by atoms with Crippen LogP contribution in [0.1, 0.15) is 36.7 Å². The first kappa shape index (κ1) is 27.6. The summed E-state index contributed by atoms with van der Waals surface area (Å²) in [5.74, 6) is -0.0413. The number of anilines is 1. The molecule has 1 amide bonds. The van der Waals surface area contributed by atoms with Gasteiger partial charge in [-0.25, -0.2) is 4.79 Å². The third-order valence-electron chi connectivity index (χ3n) is 6.82. The van der Waals surface area contributed by atoms with Crippen LogP contribution in [0.25, 0.3) is 22.0 Å². The minimum absolute atomic E-state index is 0.0413. The highest BCUT2D eigenvalue weighted by Crippen LogP contribution is 2.27. The van der Waals surface area contributed by atoms with Gasteiger partial charge in [-0.3, -0.25) is 19.7 Å². The van der Waals surface area contributed by atoms with Gasteiger partial charge in [0.1, 0.15) is 5.60 Å². The van der Waals surface area contributed by atoms with Crippen molar-refractivity contribution in [2.45, 2.75) is 39.3 Å². The van der Waals surface area contributed by atoms with E-state index in [4.69, 9.17) is 9.47 Å². The van der Waals surface area contributed by atoms with Crippen molar-refractivity contribution in [2.75, 3.05) is 38.2 Å². The average Bonchev–Trinajstić information content (AvgIpc) is 3.35. The fourth-order valence-corrected chi connectivity index (χ4v) is 4.79. The van der Waals surface area contributed by atoms with E-state index in [2.05, 4.69) is 15.3 Å². The molecule has 3 aromatic carbocycles. The Kier molecular flexibility index (Phi) is 8.28. The second kappa shape index (κ2) is 12.0.